The molecule has 2 atom stereocenters. The zero-order chi connectivity index (χ0) is 17.5. The van der Waals surface area contributed by atoms with Gasteiger partial charge in [0, 0.05) is 10.2 Å². The van der Waals surface area contributed by atoms with E-state index < -0.39 is 24.1 Å². The van der Waals surface area contributed by atoms with Gasteiger partial charge in [-0.05, 0) is 50.2 Å². The van der Waals surface area contributed by atoms with Crippen LogP contribution >= 0.6 is 15.9 Å². The molecule has 1 N–H and O–H groups in total. The SMILES string of the molecule is C[C@H](Oc1ccccc1)C(=O)O[C@H](C)C(=O)Nc1ccc(Br)cc1. The molecule has 2 rings (SSSR count). The molecule has 0 aliphatic rings. The van der Waals surface area contributed by atoms with Crippen LogP contribution in [0.3, 0.4) is 0 Å². The Labute approximate surface area is 149 Å². The Kier molecular flexibility index (Phi) is 6.37. The van der Waals surface area contributed by atoms with Crippen molar-refractivity contribution in [2.75, 3.05) is 5.32 Å². The largest absolute Gasteiger partial charge is 0.479 e. The highest BCUT2D eigenvalue weighted by Crippen LogP contribution is 2.15. The van der Waals surface area contributed by atoms with Crippen molar-refractivity contribution in [1.29, 1.82) is 0 Å². The molecule has 0 saturated heterocycles. The number of para-hydroxylation sites is 1. The first-order chi connectivity index (χ1) is 11.5. The predicted octanol–water partition coefficient (Wildman–Crippen LogP) is 3.79. The second-order valence-corrected chi connectivity index (χ2v) is 6.06. The van der Waals surface area contributed by atoms with E-state index in [1.54, 1.807) is 31.2 Å². The minimum absolute atomic E-state index is 0.405. The quantitative estimate of drug-likeness (QED) is 0.760. The maximum Gasteiger partial charge on any atom is 0.347 e. The van der Waals surface area contributed by atoms with E-state index in [9.17, 15) is 9.59 Å². The molecule has 0 spiro atoms. The molecule has 0 aliphatic heterocycles. The van der Waals surface area contributed by atoms with E-state index in [2.05, 4.69) is 21.2 Å². The summed E-state index contributed by atoms with van der Waals surface area (Å²) in [4.78, 5) is 24.1. The lowest BCUT2D eigenvalue weighted by molar-refractivity contribution is -0.159. The van der Waals surface area contributed by atoms with E-state index in [4.69, 9.17) is 9.47 Å². The van der Waals surface area contributed by atoms with Gasteiger partial charge in [-0.3, -0.25) is 4.79 Å². The monoisotopic (exact) mass is 391 g/mol. The fraction of sp³-hybridized carbons (Fsp3) is 0.222. The molecule has 6 heteroatoms. The van der Waals surface area contributed by atoms with Crippen molar-refractivity contribution >= 4 is 33.5 Å². The lowest BCUT2D eigenvalue weighted by atomic mass is 10.3. The fourth-order valence-corrected chi connectivity index (χ4v) is 2.12. The summed E-state index contributed by atoms with van der Waals surface area (Å²) in [6.45, 7) is 3.09. The normalized spacial score (nSPS) is 12.8. The van der Waals surface area contributed by atoms with E-state index in [1.807, 2.05) is 30.3 Å². The first-order valence-electron chi connectivity index (χ1n) is 7.44. The van der Waals surface area contributed by atoms with Crippen LogP contribution in [0.15, 0.2) is 59.1 Å². The second-order valence-electron chi connectivity index (χ2n) is 5.15. The molecule has 0 aliphatic carbocycles. The zero-order valence-corrected chi connectivity index (χ0v) is 14.9. The molecule has 0 radical (unpaired) electrons. The van der Waals surface area contributed by atoms with Crippen LogP contribution in [0.5, 0.6) is 5.75 Å². The number of amides is 1. The van der Waals surface area contributed by atoms with Crippen LogP contribution in [0.25, 0.3) is 0 Å². The summed E-state index contributed by atoms with van der Waals surface area (Å²) in [7, 11) is 0. The van der Waals surface area contributed by atoms with Crippen molar-refractivity contribution in [3.05, 3.63) is 59.1 Å². The average Bonchev–Trinajstić information content (AvgIpc) is 2.57. The molecule has 1 amide bonds. The molecular formula is C18H18BrNO4. The van der Waals surface area contributed by atoms with Gasteiger partial charge in [0.25, 0.3) is 5.91 Å². The van der Waals surface area contributed by atoms with Crippen LogP contribution in [0.4, 0.5) is 5.69 Å². The molecule has 0 heterocycles. The second kappa shape index (κ2) is 8.49. The molecule has 5 nitrogen and oxygen atoms in total. The average molecular weight is 392 g/mol. The lowest BCUT2D eigenvalue weighted by Crippen LogP contribution is -2.35. The third kappa shape index (κ3) is 5.38. The van der Waals surface area contributed by atoms with E-state index in [0.29, 0.717) is 11.4 Å². The number of halogens is 1. The number of nitrogens with one attached hydrogen (secondary N) is 1. The van der Waals surface area contributed by atoms with Gasteiger partial charge in [0.2, 0.25) is 0 Å². The van der Waals surface area contributed by atoms with E-state index in [1.165, 1.54) is 6.92 Å². The number of anilines is 1. The summed E-state index contributed by atoms with van der Waals surface area (Å²) < 4.78 is 11.5. The Morgan fingerprint density at radius 1 is 0.958 bits per heavy atom. The molecule has 0 aromatic heterocycles. The maximum atomic E-state index is 12.1. The Balaban J connectivity index is 1.85. The summed E-state index contributed by atoms with van der Waals surface area (Å²) >= 11 is 3.32. The van der Waals surface area contributed by atoms with Crippen molar-refractivity contribution in [3.63, 3.8) is 0 Å². The summed E-state index contributed by atoms with van der Waals surface area (Å²) in [6, 6.07) is 16.1. The van der Waals surface area contributed by atoms with Crippen molar-refractivity contribution in [2.45, 2.75) is 26.1 Å². The summed E-state index contributed by atoms with van der Waals surface area (Å²) in [5.74, 6) is -0.441. The minimum atomic E-state index is -0.928. The lowest BCUT2D eigenvalue weighted by Gasteiger charge is -2.17. The van der Waals surface area contributed by atoms with Gasteiger partial charge in [-0.1, -0.05) is 34.1 Å². The number of esters is 1. The smallest absolute Gasteiger partial charge is 0.347 e. The van der Waals surface area contributed by atoms with Crippen molar-refractivity contribution in [3.8, 4) is 5.75 Å². The van der Waals surface area contributed by atoms with Crippen LogP contribution < -0.4 is 10.1 Å². The van der Waals surface area contributed by atoms with Crippen molar-refractivity contribution in [2.24, 2.45) is 0 Å². The Morgan fingerprint density at radius 2 is 1.58 bits per heavy atom. The van der Waals surface area contributed by atoms with Gasteiger partial charge in [-0.15, -0.1) is 0 Å². The van der Waals surface area contributed by atoms with Crippen LogP contribution in [-0.2, 0) is 14.3 Å². The number of rotatable bonds is 6. The number of hydrogen-bond donors (Lipinski definition) is 1. The third-order valence-electron chi connectivity index (χ3n) is 3.16. The third-order valence-corrected chi connectivity index (χ3v) is 3.69. The first kappa shape index (κ1) is 18.0. The predicted molar refractivity (Wildman–Crippen MR) is 94.9 cm³/mol. The van der Waals surface area contributed by atoms with Gasteiger partial charge in [0.1, 0.15) is 5.75 Å². The molecule has 24 heavy (non-hydrogen) atoms. The topological polar surface area (TPSA) is 64.6 Å². The summed E-state index contributed by atoms with van der Waals surface area (Å²) in [5.41, 5.74) is 0.625. The molecular weight excluding hydrogens is 374 g/mol. The van der Waals surface area contributed by atoms with E-state index in [-0.39, 0.29) is 0 Å². The van der Waals surface area contributed by atoms with Gasteiger partial charge < -0.3 is 14.8 Å². The van der Waals surface area contributed by atoms with Crippen LogP contribution in [-0.4, -0.2) is 24.1 Å². The van der Waals surface area contributed by atoms with Crippen molar-refractivity contribution in [1.82, 2.24) is 0 Å². The van der Waals surface area contributed by atoms with Gasteiger partial charge >= 0.3 is 5.97 Å². The number of carbonyl (C=O) groups is 2. The highest BCUT2D eigenvalue weighted by Gasteiger charge is 2.23. The van der Waals surface area contributed by atoms with E-state index in [0.717, 1.165) is 4.47 Å². The molecule has 126 valence electrons. The number of ether oxygens (including phenoxy) is 2. The standard InChI is InChI=1S/C18H18BrNO4/c1-12(17(21)20-15-10-8-14(19)9-11-15)24-18(22)13(2)23-16-6-4-3-5-7-16/h3-13H,1-2H3,(H,20,21)/t12-,13+/m1/s1. The Bertz CT molecular complexity index is 688. The first-order valence-corrected chi connectivity index (χ1v) is 8.23. The summed E-state index contributed by atoms with van der Waals surface area (Å²) in [5, 5.41) is 2.69. The van der Waals surface area contributed by atoms with Gasteiger partial charge in [-0.2, -0.15) is 0 Å². The molecule has 0 fully saturated rings. The number of hydrogen-bond acceptors (Lipinski definition) is 4. The highest BCUT2D eigenvalue weighted by molar-refractivity contribution is 9.10. The Hall–Kier alpha value is -2.34. The van der Waals surface area contributed by atoms with Crippen molar-refractivity contribution < 1.29 is 19.1 Å². The number of benzene rings is 2. The molecule has 0 unspecified atom stereocenters. The van der Waals surface area contributed by atoms with Crippen LogP contribution in [0.1, 0.15) is 13.8 Å². The molecule has 2 aromatic carbocycles. The fourth-order valence-electron chi connectivity index (χ4n) is 1.85. The highest BCUT2D eigenvalue weighted by atomic mass is 79.9. The zero-order valence-electron chi connectivity index (χ0n) is 13.4. The van der Waals surface area contributed by atoms with Crippen LogP contribution in [0, 0.1) is 0 Å². The molecule has 2 aromatic rings. The minimum Gasteiger partial charge on any atom is -0.479 e. The molecule has 0 saturated carbocycles. The van der Waals surface area contributed by atoms with Gasteiger partial charge in [0.15, 0.2) is 12.2 Å². The van der Waals surface area contributed by atoms with Gasteiger partial charge in [0.05, 0.1) is 0 Å². The molecule has 0 bridgehead atoms. The number of carbonyl (C=O) groups excluding carboxylic acids is 2. The maximum absolute atomic E-state index is 12.1. The summed E-state index contributed by atoms with van der Waals surface area (Å²) in [6.07, 6.45) is -1.74. The van der Waals surface area contributed by atoms with E-state index >= 15 is 0 Å². The van der Waals surface area contributed by atoms with Crippen LogP contribution in [0.2, 0.25) is 0 Å². The Morgan fingerprint density at radius 3 is 2.21 bits per heavy atom. The van der Waals surface area contributed by atoms with Gasteiger partial charge in [-0.25, -0.2) is 4.79 Å².